The van der Waals surface area contributed by atoms with Crippen molar-refractivity contribution in [3.63, 3.8) is 0 Å². The van der Waals surface area contributed by atoms with Gasteiger partial charge in [0, 0.05) is 45.5 Å². The van der Waals surface area contributed by atoms with Crippen LogP contribution in [0.1, 0.15) is 117 Å². The van der Waals surface area contributed by atoms with Gasteiger partial charge in [0.2, 0.25) is 0 Å². The highest BCUT2D eigenvalue weighted by atomic mass is 15.2. The van der Waals surface area contributed by atoms with Gasteiger partial charge in [0.15, 0.2) is 0 Å². The summed E-state index contributed by atoms with van der Waals surface area (Å²) in [6.45, 7) is 17.9. The van der Waals surface area contributed by atoms with E-state index in [1.807, 2.05) is 0 Å². The van der Waals surface area contributed by atoms with Crippen LogP contribution in [0.2, 0.25) is 0 Å². The summed E-state index contributed by atoms with van der Waals surface area (Å²) in [5.74, 6) is 0. The van der Waals surface area contributed by atoms with Crippen molar-refractivity contribution in [1.82, 2.24) is 0 Å². The van der Waals surface area contributed by atoms with Gasteiger partial charge < -0.3 is 19.6 Å². The van der Waals surface area contributed by atoms with Crippen LogP contribution >= 0.6 is 0 Å². The fraction of sp³-hybridized carbons (Fsp3) is 0.122. The Morgan fingerprint density at radius 2 is 0.382 bits per heavy atom. The minimum atomic E-state index is 0.930. The van der Waals surface area contributed by atoms with Crippen LogP contribution in [0.5, 0.6) is 0 Å². The number of nitrogens with zero attached hydrogens (tertiary/aromatic N) is 4. The average molecular weight is 1320 g/mol. The summed E-state index contributed by atoms with van der Waals surface area (Å²) < 4.78 is 0. The second-order valence-electron chi connectivity index (χ2n) is 26.2. The van der Waals surface area contributed by atoms with Crippen molar-refractivity contribution >= 4 is 117 Å². The maximum atomic E-state index is 2.41. The Bertz CT molecular complexity index is 4440. The summed E-state index contributed by atoms with van der Waals surface area (Å²) in [6.07, 6.45) is 21.9. The Kier molecular flexibility index (Phi) is 21.7. The summed E-state index contributed by atoms with van der Waals surface area (Å²) in [6, 6.07) is 110. The van der Waals surface area contributed by atoms with Crippen molar-refractivity contribution in [2.75, 3.05) is 19.6 Å². The molecule has 0 aliphatic carbocycles. The van der Waals surface area contributed by atoms with Crippen molar-refractivity contribution in [2.24, 2.45) is 0 Å². The second-order valence-corrected chi connectivity index (χ2v) is 26.2. The van der Waals surface area contributed by atoms with Gasteiger partial charge in [-0.25, -0.2) is 0 Å². The number of para-hydroxylation sites is 8. The van der Waals surface area contributed by atoms with Crippen LogP contribution in [-0.2, 0) is 25.7 Å². The predicted molar refractivity (Wildman–Crippen MR) is 443 cm³/mol. The van der Waals surface area contributed by atoms with E-state index in [9.17, 15) is 0 Å². The SMILES string of the molecule is CCc1cccc(C)c1N(c1ccccc1)c1ccc(/C=C/c2cc(/C=C/c3ccc(N(c4ccccc4)c4c(C)cccc4CC)cc3)c(/C=C/c3ccc(N(c4ccccc4)c4c(C)cccc4CC)cc3)cc2/C=C/c2ccc(N(c3ccccc3)c3c(C)cccc3CC)cc2)cc1. The van der Waals surface area contributed by atoms with E-state index in [0.29, 0.717) is 0 Å². The molecule has 4 heteroatoms. The highest BCUT2D eigenvalue weighted by molar-refractivity contribution is 5.90. The number of anilines is 12. The number of benzene rings is 13. The highest BCUT2D eigenvalue weighted by Gasteiger charge is 2.22. The van der Waals surface area contributed by atoms with Gasteiger partial charge >= 0.3 is 0 Å². The van der Waals surface area contributed by atoms with Gasteiger partial charge in [0.25, 0.3) is 0 Å². The van der Waals surface area contributed by atoms with E-state index in [2.05, 4.69) is 427 Å². The molecule has 0 unspecified atom stereocenters. The van der Waals surface area contributed by atoms with E-state index in [0.717, 1.165) is 116 Å². The van der Waals surface area contributed by atoms with Gasteiger partial charge in [-0.3, -0.25) is 0 Å². The molecule has 4 nitrogen and oxygen atoms in total. The Labute approximate surface area is 606 Å². The quantitative estimate of drug-likeness (QED) is 0.0559. The lowest BCUT2D eigenvalue weighted by Gasteiger charge is -2.29. The Morgan fingerprint density at radius 3 is 0.569 bits per heavy atom. The summed E-state index contributed by atoms with van der Waals surface area (Å²) in [7, 11) is 0. The number of rotatable bonds is 24. The number of hydrogen-bond acceptors (Lipinski definition) is 4. The third kappa shape index (κ3) is 15.4. The van der Waals surface area contributed by atoms with E-state index in [4.69, 9.17) is 0 Å². The molecule has 0 saturated heterocycles. The zero-order valence-electron chi connectivity index (χ0n) is 60.1. The molecule has 0 heterocycles. The minimum absolute atomic E-state index is 0.930. The maximum Gasteiger partial charge on any atom is 0.0522 e. The molecule has 0 radical (unpaired) electrons. The van der Waals surface area contributed by atoms with E-state index in [1.54, 1.807) is 0 Å². The van der Waals surface area contributed by atoms with Crippen LogP contribution in [0.3, 0.4) is 0 Å². The van der Waals surface area contributed by atoms with Gasteiger partial charge in [0.05, 0.1) is 22.7 Å². The molecular formula is C98H90N4. The largest absolute Gasteiger partial charge is 0.310 e. The molecule has 0 N–H and O–H groups in total. The van der Waals surface area contributed by atoms with Crippen LogP contribution in [0.4, 0.5) is 68.2 Å². The topological polar surface area (TPSA) is 13.0 Å². The van der Waals surface area contributed by atoms with Crippen molar-refractivity contribution in [1.29, 1.82) is 0 Å². The summed E-state index contributed by atoms with van der Waals surface area (Å²) in [5.41, 5.74) is 32.9. The Balaban J connectivity index is 0.924. The molecule has 0 aliphatic rings. The van der Waals surface area contributed by atoms with Crippen LogP contribution in [-0.4, -0.2) is 0 Å². The molecule has 0 bridgehead atoms. The smallest absolute Gasteiger partial charge is 0.0522 e. The van der Waals surface area contributed by atoms with Crippen LogP contribution < -0.4 is 19.6 Å². The van der Waals surface area contributed by atoms with E-state index < -0.39 is 0 Å². The monoisotopic (exact) mass is 1320 g/mol. The Morgan fingerprint density at radius 1 is 0.196 bits per heavy atom. The average Bonchev–Trinajstić information content (AvgIpc) is 0.805. The highest BCUT2D eigenvalue weighted by Crippen LogP contribution is 2.44. The summed E-state index contributed by atoms with van der Waals surface area (Å²) in [4.78, 5) is 9.64. The molecule has 0 spiro atoms. The predicted octanol–water partition coefficient (Wildman–Crippen LogP) is 27.7. The molecule has 0 saturated carbocycles. The molecule has 13 aromatic rings. The zero-order chi connectivity index (χ0) is 70.3. The van der Waals surface area contributed by atoms with E-state index in [1.165, 1.54) is 67.3 Å². The molecule has 13 aromatic carbocycles. The van der Waals surface area contributed by atoms with Crippen molar-refractivity contribution in [3.8, 4) is 0 Å². The van der Waals surface area contributed by atoms with Crippen LogP contribution in [0.15, 0.2) is 303 Å². The van der Waals surface area contributed by atoms with Gasteiger partial charge in [0.1, 0.15) is 0 Å². The molecule has 502 valence electrons. The van der Waals surface area contributed by atoms with Gasteiger partial charge in [-0.15, -0.1) is 0 Å². The molecule has 13 rings (SSSR count). The fourth-order valence-corrected chi connectivity index (χ4v) is 14.2. The molecule has 0 fully saturated rings. The number of hydrogen-bond donors (Lipinski definition) is 0. The van der Waals surface area contributed by atoms with Crippen LogP contribution in [0, 0.1) is 27.7 Å². The second kappa shape index (κ2) is 32.3. The fourth-order valence-electron chi connectivity index (χ4n) is 14.2. The standard InChI is InChI=1S/C98H90N4/c1-9-79-33-25-29-71(5)95(79)99(87-37-17-13-18-38-87)91-61-49-75(50-62-91)45-57-83-69-85(59-47-77-53-65-93(66-54-77)101(89-41-21-15-22-42-89)97-73(7)31-27-35-81(97)11-3)86(60-48-78-55-67-94(68-56-78)102(90-43-23-16-24-44-90)98-74(8)32-28-36-82(98)12-4)70-84(83)58-46-76-51-63-92(64-52-76)100(88-39-19-14-20-40-88)96-72(6)30-26-34-80(96)10-2/h13-70H,9-12H2,1-8H3/b57-45+,58-46+,59-47+,60-48+. The lowest BCUT2D eigenvalue weighted by atomic mass is 9.95. The van der Waals surface area contributed by atoms with Crippen LogP contribution in [0.25, 0.3) is 48.6 Å². The molecule has 102 heavy (non-hydrogen) atoms. The molecular weight excluding hydrogens is 1230 g/mol. The molecule has 0 atom stereocenters. The first kappa shape index (κ1) is 68.5. The molecule has 0 amide bonds. The van der Waals surface area contributed by atoms with E-state index >= 15 is 0 Å². The first-order valence-electron chi connectivity index (χ1n) is 36.1. The van der Waals surface area contributed by atoms with Crippen molar-refractivity contribution < 1.29 is 0 Å². The lowest BCUT2D eigenvalue weighted by Crippen LogP contribution is -2.13. The third-order valence-corrected chi connectivity index (χ3v) is 19.5. The summed E-state index contributed by atoms with van der Waals surface area (Å²) in [5, 5.41) is 0. The Hall–Kier alpha value is -12.0. The zero-order valence-corrected chi connectivity index (χ0v) is 60.1. The van der Waals surface area contributed by atoms with E-state index in [-0.39, 0.29) is 0 Å². The van der Waals surface area contributed by atoms with Gasteiger partial charge in [-0.1, -0.05) is 270 Å². The third-order valence-electron chi connectivity index (χ3n) is 19.5. The normalized spacial score (nSPS) is 11.5. The molecule has 0 aromatic heterocycles. The first-order valence-corrected chi connectivity index (χ1v) is 36.1. The number of aryl methyl sites for hydroxylation is 8. The molecule has 0 aliphatic heterocycles. The maximum absolute atomic E-state index is 2.41. The lowest BCUT2D eigenvalue weighted by molar-refractivity contribution is 1.10. The first-order chi connectivity index (χ1) is 50.1. The van der Waals surface area contributed by atoms with Gasteiger partial charge in [-0.2, -0.15) is 0 Å². The minimum Gasteiger partial charge on any atom is -0.310 e. The summed E-state index contributed by atoms with van der Waals surface area (Å²) >= 11 is 0. The van der Waals surface area contributed by atoms with Gasteiger partial charge in [-0.05, 0) is 252 Å². The van der Waals surface area contributed by atoms with Crippen molar-refractivity contribution in [2.45, 2.75) is 81.1 Å². The van der Waals surface area contributed by atoms with Crippen molar-refractivity contribution in [3.05, 3.63) is 392 Å².